The maximum absolute atomic E-state index is 10.4. The molecule has 1 aromatic rings. The van der Waals surface area contributed by atoms with Gasteiger partial charge in [-0.05, 0) is 31.0 Å². The van der Waals surface area contributed by atoms with Crippen LogP contribution in [-0.4, -0.2) is 34.2 Å². The minimum absolute atomic E-state index is 0.364. The SMILES string of the molecule is C[C@H](N)C(=O)O.N[C@@H](Cc1ccc(Br)cc1)C(=O)O. The summed E-state index contributed by atoms with van der Waals surface area (Å²) >= 11 is 3.29. The molecule has 1 aromatic carbocycles. The van der Waals surface area contributed by atoms with Crippen LogP contribution in [0, 0.1) is 0 Å². The van der Waals surface area contributed by atoms with E-state index in [1.165, 1.54) is 6.92 Å². The number of carboxylic acids is 2. The van der Waals surface area contributed by atoms with Gasteiger partial charge in [-0.15, -0.1) is 0 Å². The largest absolute Gasteiger partial charge is 0.480 e. The molecule has 0 aliphatic heterocycles. The summed E-state index contributed by atoms with van der Waals surface area (Å²) in [5, 5.41) is 16.4. The van der Waals surface area contributed by atoms with Crippen molar-refractivity contribution in [2.24, 2.45) is 11.5 Å². The molecule has 6 nitrogen and oxygen atoms in total. The predicted octanol–water partition coefficient (Wildman–Crippen LogP) is 0.822. The van der Waals surface area contributed by atoms with Crippen molar-refractivity contribution in [3.8, 4) is 0 Å². The fourth-order valence-corrected chi connectivity index (χ4v) is 1.23. The van der Waals surface area contributed by atoms with Gasteiger partial charge in [-0.1, -0.05) is 28.1 Å². The number of rotatable bonds is 4. The van der Waals surface area contributed by atoms with Crippen LogP contribution in [0.1, 0.15) is 12.5 Å². The molecule has 19 heavy (non-hydrogen) atoms. The van der Waals surface area contributed by atoms with E-state index in [4.69, 9.17) is 21.7 Å². The van der Waals surface area contributed by atoms with Gasteiger partial charge in [-0.2, -0.15) is 0 Å². The van der Waals surface area contributed by atoms with Crippen molar-refractivity contribution in [1.29, 1.82) is 0 Å². The Labute approximate surface area is 119 Å². The van der Waals surface area contributed by atoms with Gasteiger partial charge in [0.1, 0.15) is 12.1 Å². The number of benzene rings is 1. The molecule has 0 amide bonds. The molecule has 0 saturated carbocycles. The molecule has 7 heteroatoms. The molecule has 0 fully saturated rings. The lowest BCUT2D eigenvalue weighted by atomic mass is 10.1. The van der Waals surface area contributed by atoms with Gasteiger partial charge in [0.2, 0.25) is 0 Å². The maximum atomic E-state index is 10.4. The second-order valence-electron chi connectivity index (χ2n) is 3.90. The molecule has 2 atom stereocenters. The molecule has 0 heterocycles. The van der Waals surface area contributed by atoms with Crippen LogP contribution >= 0.6 is 15.9 Å². The topological polar surface area (TPSA) is 127 Å². The summed E-state index contributed by atoms with van der Waals surface area (Å²) in [6, 6.07) is 5.89. The second kappa shape index (κ2) is 8.63. The molecule has 0 saturated heterocycles. The third-order valence-corrected chi connectivity index (χ3v) is 2.60. The van der Waals surface area contributed by atoms with E-state index in [1.54, 1.807) is 0 Å². The van der Waals surface area contributed by atoms with Crippen LogP contribution in [0.3, 0.4) is 0 Å². The monoisotopic (exact) mass is 332 g/mol. The van der Waals surface area contributed by atoms with Gasteiger partial charge >= 0.3 is 11.9 Å². The van der Waals surface area contributed by atoms with Crippen LogP contribution in [0.4, 0.5) is 0 Å². The third kappa shape index (κ3) is 8.30. The first kappa shape index (κ1) is 17.6. The first-order valence-electron chi connectivity index (χ1n) is 5.45. The molecule has 0 aliphatic rings. The van der Waals surface area contributed by atoms with Gasteiger partial charge in [0.05, 0.1) is 0 Å². The van der Waals surface area contributed by atoms with Crippen molar-refractivity contribution in [1.82, 2.24) is 0 Å². The molecule has 6 N–H and O–H groups in total. The van der Waals surface area contributed by atoms with Crippen LogP contribution in [0.2, 0.25) is 0 Å². The van der Waals surface area contributed by atoms with Gasteiger partial charge < -0.3 is 21.7 Å². The van der Waals surface area contributed by atoms with Gasteiger partial charge in [-0.25, -0.2) is 0 Å². The smallest absolute Gasteiger partial charge is 0.320 e. The zero-order chi connectivity index (χ0) is 15.0. The molecule has 0 bridgehead atoms. The molecule has 0 unspecified atom stereocenters. The molecule has 0 radical (unpaired) electrons. The molecule has 1 rings (SSSR count). The molecule has 106 valence electrons. The van der Waals surface area contributed by atoms with E-state index in [0.29, 0.717) is 6.42 Å². The fraction of sp³-hybridized carbons (Fsp3) is 0.333. The summed E-state index contributed by atoms with van der Waals surface area (Å²) in [7, 11) is 0. The van der Waals surface area contributed by atoms with Crippen LogP contribution in [0.5, 0.6) is 0 Å². The highest BCUT2D eigenvalue weighted by Crippen LogP contribution is 2.11. The van der Waals surface area contributed by atoms with Crippen molar-refractivity contribution in [3.63, 3.8) is 0 Å². The van der Waals surface area contributed by atoms with Gasteiger partial charge in [0.15, 0.2) is 0 Å². The number of aliphatic carboxylic acids is 2. The van der Waals surface area contributed by atoms with Gasteiger partial charge in [0, 0.05) is 4.47 Å². The summed E-state index contributed by atoms with van der Waals surface area (Å²) in [5.41, 5.74) is 11.1. The number of hydrogen-bond donors (Lipinski definition) is 4. The normalized spacial score (nSPS) is 12.8. The van der Waals surface area contributed by atoms with Crippen LogP contribution < -0.4 is 11.5 Å². The van der Waals surface area contributed by atoms with Gasteiger partial charge in [-0.3, -0.25) is 9.59 Å². The van der Waals surface area contributed by atoms with Gasteiger partial charge in [0.25, 0.3) is 0 Å². The highest BCUT2D eigenvalue weighted by Gasteiger charge is 2.11. The Hall–Kier alpha value is -1.44. The van der Waals surface area contributed by atoms with Crippen LogP contribution in [-0.2, 0) is 16.0 Å². The predicted molar refractivity (Wildman–Crippen MR) is 74.7 cm³/mol. The van der Waals surface area contributed by atoms with Crippen molar-refractivity contribution in [2.45, 2.75) is 25.4 Å². The Morgan fingerprint density at radius 1 is 1.16 bits per heavy atom. The zero-order valence-corrected chi connectivity index (χ0v) is 12.0. The highest BCUT2D eigenvalue weighted by atomic mass is 79.9. The molecular weight excluding hydrogens is 316 g/mol. The average molecular weight is 333 g/mol. The molecular formula is C12H17BrN2O4. The molecule has 0 aromatic heterocycles. The molecule has 0 aliphatic carbocycles. The number of halogens is 1. The number of nitrogens with two attached hydrogens (primary N) is 2. The Bertz CT molecular complexity index is 420. The number of hydrogen-bond acceptors (Lipinski definition) is 4. The first-order chi connectivity index (χ1) is 8.73. The van der Waals surface area contributed by atoms with Crippen molar-refractivity contribution >= 4 is 27.9 Å². The van der Waals surface area contributed by atoms with Crippen molar-refractivity contribution in [2.75, 3.05) is 0 Å². The highest BCUT2D eigenvalue weighted by molar-refractivity contribution is 9.10. The van der Waals surface area contributed by atoms with E-state index in [-0.39, 0.29) is 0 Å². The number of carbonyl (C=O) groups is 2. The summed E-state index contributed by atoms with van der Waals surface area (Å²) in [6.07, 6.45) is 0.364. The Morgan fingerprint density at radius 3 is 1.89 bits per heavy atom. The second-order valence-corrected chi connectivity index (χ2v) is 4.82. The summed E-state index contributed by atoms with van der Waals surface area (Å²) in [5.74, 6) is -1.93. The van der Waals surface area contributed by atoms with Crippen LogP contribution in [0.25, 0.3) is 0 Å². The van der Waals surface area contributed by atoms with E-state index >= 15 is 0 Å². The average Bonchev–Trinajstić information content (AvgIpc) is 2.32. The van der Waals surface area contributed by atoms with E-state index in [2.05, 4.69) is 15.9 Å². The maximum Gasteiger partial charge on any atom is 0.320 e. The third-order valence-electron chi connectivity index (χ3n) is 2.08. The Kier molecular flexibility index (Phi) is 7.97. The van der Waals surface area contributed by atoms with Crippen molar-refractivity contribution < 1.29 is 19.8 Å². The van der Waals surface area contributed by atoms with E-state index < -0.39 is 24.0 Å². The first-order valence-corrected chi connectivity index (χ1v) is 6.24. The minimum atomic E-state index is -0.970. The Balaban J connectivity index is 0.000000459. The van der Waals surface area contributed by atoms with Crippen LogP contribution in [0.15, 0.2) is 28.7 Å². The van der Waals surface area contributed by atoms with E-state index in [1.807, 2.05) is 24.3 Å². The molecule has 0 spiro atoms. The van der Waals surface area contributed by atoms with E-state index in [0.717, 1.165) is 10.0 Å². The summed E-state index contributed by atoms with van der Waals surface area (Å²) < 4.78 is 0.972. The lowest BCUT2D eigenvalue weighted by molar-refractivity contribution is -0.139. The lowest BCUT2D eigenvalue weighted by Crippen LogP contribution is -2.32. The summed E-state index contributed by atoms with van der Waals surface area (Å²) in [4.78, 5) is 20.0. The number of carboxylic acid groups (broad SMARTS) is 2. The van der Waals surface area contributed by atoms with Crippen molar-refractivity contribution in [3.05, 3.63) is 34.3 Å². The standard InChI is InChI=1S/C9H10BrNO2.C3H7NO2/c10-7-3-1-6(2-4-7)5-8(11)9(12)13;1-2(4)3(5)6/h1-4,8H,5,11H2,(H,12,13);2H,4H2,1H3,(H,5,6)/t8-;2-/m00/s1. The lowest BCUT2D eigenvalue weighted by Gasteiger charge is -2.05. The summed E-state index contributed by atoms with van der Waals surface area (Å²) in [6.45, 7) is 1.42. The quantitative estimate of drug-likeness (QED) is 0.646. The Morgan fingerprint density at radius 2 is 1.58 bits per heavy atom. The zero-order valence-electron chi connectivity index (χ0n) is 10.4. The van der Waals surface area contributed by atoms with E-state index in [9.17, 15) is 9.59 Å². The minimum Gasteiger partial charge on any atom is -0.480 e. The fourth-order valence-electron chi connectivity index (χ4n) is 0.962.